The maximum absolute atomic E-state index is 12.0. The van der Waals surface area contributed by atoms with Crippen molar-refractivity contribution in [2.45, 2.75) is 6.29 Å². The SMILES string of the molecule is COC(CNC(=O)C1CN(C(=O)c2cnccn2)C1)OC. The third-order valence-electron chi connectivity index (χ3n) is 3.29. The third-order valence-corrected chi connectivity index (χ3v) is 3.29. The second kappa shape index (κ2) is 7.09. The monoisotopic (exact) mass is 294 g/mol. The summed E-state index contributed by atoms with van der Waals surface area (Å²) in [4.78, 5) is 33.2. The van der Waals surface area contributed by atoms with Crippen LogP contribution in [0.5, 0.6) is 0 Å². The number of carbonyl (C=O) groups excluding carboxylic acids is 2. The zero-order valence-electron chi connectivity index (χ0n) is 12.0. The van der Waals surface area contributed by atoms with Crippen LogP contribution in [0.15, 0.2) is 18.6 Å². The summed E-state index contributed by atoms with van der Waals surface area (Å²) >= 11 is 0. The van der Waals surface area contributed by atoms with Crippen molar-refractivity contribution in [3.63, 3.8) is 0 Å². The zero-order valence-corrected chi connectivity index (χ0v) is 12.0. The van der Waals surface area contributed by atoms with E-state index in [1.165, 1.54) is 32.8 Å². The molecule has 2 amide bonds. The maximum Gasteiger partial charge on any atom is 0.274 e. The van der Waals surface area contributed by atoms with Gasteiger partial charge in [0.25, 0.3) is 5.91 Å². The molecule has 0 spiro atoms. The highest BCUT2D eigenvalue weighted by molar-refractivity contribution is 5.94. The van der Waals surface area contributed by atoms with Gasteiger partial charge in [-0.25, -0.2) is 4.98 Å². The van der Waals surface area contributed by atoms with Gasteiger partial charge >= 0.3 is 0 Å². The van der Waals surface area contributed by atoms with Crippen molar-refractivity contribution in [3.05, 3.63) is 24.3 Å². The quantitative estimate of drug-likeness (QED) is 0.696. The highest BCUT2D eigenvalue weighted by atomic mass is 16.7. The molecule has 8 heteroatoms. The molecule has 114 valence electrons. The van der Waals surface area contributed by atoms with Crippen LogP contribution >= 0.6 is 0 Å². The fourth-order valence-electron chi connectivity index (χ4n) is 1.97. The van der Waals surface area contributed by atoms with Crippen molar-refractivity contribution in [2.75, 3.05) is 33.9 Å². The molecule has 0 bridgehead atoms. The van der Waals surface area contributed by atoms with Gasteiger partial charge in [-0.05, 0) is 0 Å². The molecule has 0 aliphatic carbocycles. The lowest BCUT2D eigenvalue weighted by Gasteiger charge is -2.38. The fourth-order valence-corrected chi connectivity index (χ4v) is 1.97. The first-order valence-corrected chi connectivity index (χ1v) is 6.54. The van der Waals surface area contributed by atoms with Crippen LogP contribution in [0.2, 0.25) is 0 Å². The number of hydrogen-bond donors (Lipinski definition) is 1. The second-order valence-electron chi connectivity index (χ2n) is 4.64. The molecule has 21 heavy (non-hydrogen) atoms. The predicted octanol–water partition coefficient (Wildman–Crippen LogP) is -0.716. The first-order chi connectivity index (χ1) is 10.2. The summed E-state index contributed by atoms with van der Waals surface area (Å²) in [5.41, 5.74) is 0.287. The van der Waals surface area contributed by atoms with Gasteiger partial charge in [-0.1, -0.05) is 0 Å². The van der Waals surface area contributed by atoms with Gasteiger partial charge in [-0.2, -0.15) is 0 Å². The van der Waals surface area contributed by atoms with E-state index in [9.17, 15) is 9.59 Å². The largest absolute Gasteiger partial charge is 0.354 e. The molecule has 1 aliphatic rings. The van der Waals surface area contributed by atoms with E-state index in [2.05, 4.69) is 15.3 Å². The summed E-state index contributed by atoms with van der Waals surface area (Å²) in [6.45, 7) is 1.04. The molecule has 0 saturated carbocycles. The lowest BCUT2D eigenvalue weighted by Crippen LogP contribution is -2.56. The van der Waals surface area contributed by atoms with E-state index in [-0.39, 0.29) is 30.0 Å². The second-order valence-corrected chi connectivity index (χ2v) is 4.64. The number of methoxy groups -OCH3 is 2. The first kappa shape index (κ1) is 15.3. The minimum absolute atomic E-state index is 0.114. The minimum atomic E-state index is -0.466. The molecule has 1 fully saturated rings. The number of ether oxygens (including phenoxy) is 2. The van der Waals surface area contributed by atoms with Gasteiger partial charge in [0.1, 0.15) is 5.69 Å². The van der Waals surface area contributed by atoms with Crippen molar-refractivity contribution in [1.82, 2.24) is 20.2 Å². The molecule has 1 aliphatic heterocycles. The molecule has 0 radical (unpaired) electrons. The van der Waals surface area contributed by atoms with Crippen LogP contribution < -0.4 is 5.32 Å². The average Bonchev–Trinajstić information content (AvgIpc) is 2.47. The number of amides is 2. The van der Waals surface area contributed by atoms with Gasteiger partial charge in [0.2, 0.25) is 5.91 Å². The van der Waals surface area contributed by atoms with Crippen molar-refractivity contribution in [1.29, 1.82) is 0 Å². The normalized spacial score (nSPS) is 14.9. The Balaban J connectivity index is 1.76. The standard InChI is InChI=1S/C13H18N4O4/c1-20-11(21-2)6-16-12(18)9-7-17(8-9)13(19)10-5-14-3-4-15-10/h3-5,9,11H,6-8H2,1-2H3,(H,16,18). The molecule has 0 aromatic carbocycles. The van der Waals surface area contributed by atoms with Crippen LogP contribution in [0.25, 0.3) is 0 Å². The molecule has 2 heterocycles. The van der Waals surface area contributed by atoms with E-state index < -0.39 is 6.29 Å². The summed E-state index contributed by atoms with van der Waals surface area (Å²) in [5, 5.41) is 2.73. The Morgan fingerprint density at radius 3 is 2.67 bits per heavy atom. The van der Waals surface area contributed by atoms with Crippen molar-refractivity contribution < 1.29 is 19.1 Å². The summed E-state index contributed by atoms with van der Waals surface area (Å²) in [6, 6.07) is 0. The van der Waals surface area contributed by atoms with Crippen LogP contribution in [-0.4, -0.2) is 66.8 Å². The first-order valence-electron chi connectivity index (χ1n) is 6.54. The summed E-state index contributed by atoms with van der Waals surface area (Å²) < 4.78 is 9.96. The number of rotatable bonds is 6. The van der Waals surface area contributed by atoms with Crippen LogP contribution in [0.4, 0.5) is 0 Å². The average molecular weight is 294 g/mol. The molecule has 0 atom stereocenters. The van der Waals surface area contributed by atoms with Crippen molar-refractivity contribution in [2.24, 2.45) is 5.92 Å². The Kier molecular flexibility index (Phi) is 5.18. The van der Waals surface area contributed by atoms with E-state index in [1.807, 2.05) is 0 Å². The molecule has 1 aromatic rings. The number of nitrogens with zero attached hydrogens (tertiary/aromatic N) is 3. The highest BCUT2D eigenvalue weighted by Crippen LogP contribution is 2.17. The van der Waals surface area contributed by atoms with Crippen LogP contribution in [0.1, 0.15) is 10.5 Å². The smallest absolute Gasteiger partial charge is 0.274 e. The van der Waals surface area contributed by atoms with Crippen molar-refractivity contribution >= 4 is 11.8 Å². The van der Waals surface area contributed by atoms with Crippen LogP contribution in [-0.2, 0) is 14.3 Å². The molecule has 1 N–H and O–H groups in total. The highest BCUT2D eigenvalue weighted by Gasteiger charge is 2.36. The minimum Gasteiger partial charge on any atom is -0.354 e. The van der Waals surface area contributed by atoms with Gasteiger partial charge < -0.3 is 19.7 Å². The topological polar surface area (TPSA) is 93.7 Å². The lowest BCUT2D eigenvalue weighted by atomic mass is 9.98. The zero-order chi connectivity index (χ0) is 15.2. The summed E-state index contributed by atoms with van der Waals surface area (Å²) in [7, 11) is 3.01. The van der Waals surface area contributed by atoms with Gasteiger partial charge in [0.15, 0.2) is 6.29 Å². The Hall–Kier alpha value is -2.06. The van der Waals surface area contributed by atoms with Gasteiger partial charge in [-0.15, -0.1) is 0 Å². The molecule has 8 nitrogen and oxygen atoms in total. The Labute approximate surface area is 122 Å². The maximum atomic E-state index is 12.0. The summed E-state index contributed by atoms with van der Waals surface area (Å²) in [6.07, 6.45) is 3.92. The molecule has 1 aromatic heterocycles. The number of nitrogens with one attached hydrogen (secondary N) is 1. The molecule has 2 rings (SSSR count). The molecule has 1 saturated heterocycles. The van der Waals surface area contributed by atoms with Gasteiger partial charge in [0.05, 0.1) is 18.7 Å². The van der Waals surface area contributed by atoms with E-state index in [4.69, 9.17) is 9.47 Å². The molecule has 0 unspecified atom stereocenters. The summed E-state index contributed by atoms with van der Waals surface area (Å²) in [5.74, 6) is -0.531. The lowest BCUT2D eigenvalue weighted by molar-refractivity contribution is -0.134. The molecular weight excluding hydrogens is 276 g/mol. The van der Waals surface area contributed by atoms with E-state index in [0.29, 0.717) is 13.1 Å². The van der Waals surface area contributed by atoms with Crippen LogP contribution in [0.3, 0.4) is 0 Å². The van der Waals surface area contributed by atoms with Gasteiger partial charge in [0, 0.05) is 39.7 Å². The fraction of sp³-hybridized carbons (Fsp3) is 0.538. The third kappa shape index (κ3) is 3.73. The van der Waals surface area contributed by atoms with E-state index >= 15 is 0 Å². The van der Waals surface area contributed by atoms with E-state index in [0.717, 1.165) is 0 Å². The Morgan fingerprint density at radius 2 is 2.10 bits per heavy atom. The van der Waals surface area contributed by atoms with Crippen LogP contribution in [0, 0.1) is 5.92 Å². The predicted molar refractivity (Wildman–Crippen MR) is 72.2 cm³/mol. The van der Waals surface area contributed by atoms with E-state index in [1.54, 1.807) is 4.90 Å². The number of hydrogen-bond acceptors (Lipinski definition) is 6. The Bertz CT molecular complexity index is 486. The van der Waals surface area contributed by atoms with Gasteiger partial charge in [-0.3, -0.25) is 14.6 Å². The number of aromatic nitrogens is 2. The molecular formula is C13H18N4O4. The van der Waals surface area contributed by atoms with Crippen molar-refractivity contribution in [3.8, 4) is 0 Å². The number of carbonyl (C=O) groups is 2. The Morgan fingerprint density at radius 1 is 1.38 bits per heavy atom. The number of likely N-dealkylation sites (tertiary alicyclic amines) is 1.